The van der Waals surface area contributed by atoms with E-state index in [2.05, 4.69) is 29.2 Å². The quantitative estimate of drug-likeness (QED) is 0.796. The molecule has 1 aromatic rings. The fourth-order valence-corrected chi connectivity index (χ4v) is 3.73. The zero-order chi connectivity index (χ0) is 14.7. The van der Waals surface area contributed by atoms with E-state index in [0.717, 1.165) is 39.1 Å². The number of carbonyl (C=O) groups excluding carboxylic acids is 1. The molecule has 3 rings (SSSR count). The minimum absolute atomic E-state index is 0.0966. The van der Waals surface area contributed by atoms with E-state index in [1.807, 2.05) is 6.92 Å². The first kappa shape index (κ1) is 14.5. The number of hydrogen-bond donors (Lipinski definition) is 0. The smallest absolute Gasteiger partial charge is 0.308 e. The van der Waals surface area contributed by atoms with Crippen LogP contribution >= 0.6 is 0 Å². The van der Waals surface area contributed by atoms with Crippen LogP contribution in [0.1, 0.15) is 30.9 Å². The van der Waals surface area contributed by atoms with Gasteiger partial charge in [0, 0.05) is 13.1 Å². The van der Waals surface area contributed by atoms with Crippen LogP contribution in [0, 0.1) is 0 Å². The minimum Gasteiger partial charge on any atom is -0.466 e. The van der Waals surface area contributed by atoms with Gasteiger partial charge in [-0.2, -0.15) is 0 Å². The van der Waals surface area contributed by atoms with Crippen LogP contribution in [0.25, 0.3) is 0 Å². The summed E-state index contributed by atoms with van der Waals surface area (Å²) >= 11 is 0. The van der Waals surface area contributed by atoms with Crippen molar-refractivity contribution in [3.05, 3.63) is 35.4 Å². The molecule has 4 nitrogen and oxygen atoms in total. The number of esters is 1. The maximum absolute atomic E-state index is 12.2. The van der Waals surface area contributed by atoms with Crippen molar-refractivity contribution in [2.45, 2.75) is 31.7 Å². The van der Waals surface area contributed by atoms with Crippen molar-refractivity contribution in [1.29, 1.82) is 0 Å². The normalized spacial score (nSPS) is 25.6. The highest BCUT2D eigenvalue weighted by Gasteiger charge is 2.45. The van der Waals surface area contributed by atoms with Gasteiger partial charge in [0.25, 0.3) is 0 Å². The largest absolute Gasteiger partial charge is 0.466 e. The Balaban J connectivity index is 1.93. The molecular weight excluding hydrogens is 266 g/mol. The molecule has 1 atom stereocenters. The molecule has 114 valence electrons. The molecule has 1 aromatic carbocycles. The van der Waals surface area contributed by atoms with Crippen molar-refractivity contribution < 1.29 is 14.3 Å². The van der Waals surface area contributed by atoms with Crippen molar-refractivity contribution in [2.24, 2.45) is 0 Å². The Bertz CT molecular complexity index is 511. The molecule has 1 fully saturated rings. The number of morpholine rings is 1. The summed E-state index contributed by atoms with van der Waals surface area (Å²) in [5.41, 5.74) is 2.47. The number of hydrogen-bond acceptors (Lipinski definition) is 4. The summed E-state index contributed by atoms with van der Waals surface area (Å²) in [6.07, 6.45) is 2.47. The molecule has 0 amide bonds. The second kappa shape index (κ2) is 6.16. The molecular formula is C17H23NO3. The molecule has 0 bridgehead atoms. The lowest BCUT2D eigenvalue weighted by Crippen LogP contribution is -2.51. The van der Waals surface area contributed by atoms with E-state index >= 15 is 0 Å². The van der Waals surface area contributed by atoms with E-state index < -0.39 is 0 Å². The minimum atomic E-state index is -0.202. The van der Waals surface area contributed by atoms with Crippen molar-refractivity contribution >= 4 is 5.97 Å². The van der Waals surface area contributed by atoms with Gasteiger partial charge in [-0.05, 0) is 30.9 Å². The molecule has 0 saturated carbocycles. The number of benzene rings is 1. The highest BCUT2D eigenvalue weighted by Crippen LogP contribution is 2.44. The average Bonchev–Trinajstić information content (AvgIpc) is 2.89. The van der Waals surface area contributed by atoms with Crippen LogP contribution in [-0.4, -0.2) is 43.8 Å². The van der Waals surface area contributed by atoms with Gasteiger partial charge in [0.15, 0.2) is 0 Å². The van der Waals surface area contributed by atoms with E-state index in [1.54, 1.807) is 0 Å². The molecule has 0 N–H and O–H groups in total. The molecule has 0 spiro atoms. The molecule has 1 aliphatic carbocycles. The van der Waals surface area contributed by atoms with Gasteiger partial charge in [0.2, 0.25) is 0 Å². The van der Waals surface area contributed by atoms with Crippen molar-refractivity contribution in [2.75, 3.05) is 32.9 Å². The predicted octanol–water partition coefficient (Wildman–Crippen LogP) is 2.11. The first-order valence-corrected chi connectivity index (χ1v) is 7.83. The lowest BCUT2D eigenvalue weighted by Gasteiger charge is -2.43. The van der Waals surface area contributed by atoms with Gasteiger partial charge in [-0.15, -0.1) is 0 Å². The first-order chi connectivity index (χ1) is 10.3. The molecule has 1 aliphatic heterocycles. The summed E-state index contributed by atoms with van der Waals surface area (Å²) in [5.74, 6) is -0.0966. The Morgan fingerprint density at radius 3 is 2.86 bits per heavy atom. The Kier molecular flexibility index (Phi) is 4.27. The summed E-state index contributed by atoms with van der Waals surface area (Å²) in [4.78, 5) is 14.6. The van der Waals surface area contributed by atoms with Crippen LogP contribution in [-0.2, 0) is 26.2 Å². The van der Waals surface area contributed by atoms with Gasteiger partial charge in [-0.25, -0.2) is 0 Å². The fourth-order valence-electron chi connectivity index (χ4n) is 3.73. The maximum Gasteiger partial charge on any atom is 0.308 e. The number of aryl methyl sites for hydroxylation is 1. The standard InChI is InChI=1S/C17H23NO3/c1-2-21-16(19)13-17(18-9-11-20-12-10-18)8-7-14-5-3-4-6-15(14)17/h3-6H,2,7-13H2,1H3. The molecule has 21 heavy (non-hydrogen) atoms. The number of carbonyl (C=O) groups is 1. The van der Waals surface area contributed by atoms with Gasteiger partial charge >= 0.3 is 5.97 Å². The van der Waals surface area contributed by atoms with Gasteiger partial charge in [0.1, 0.15) is 0 Å². The van der Waals surface area contributed by atoms with E-state index in [-0.39, 0.29) is 11.5 Å². The van der Waals surface area contributed by atoms with Crippen molar-refractivity contribution in [3.8, 4) is 0 Å². The van der Waals surface area contributed by atoms with Crippen LogP contribution in [0.5, 0.6) is 0 Å². The fraction of sp³-hybridized carbons (Fsp3) is 0.588. The second-order valence-electron chi connectivity index (χ2n) is 5.77. The topological polar surface area (TPSA) is 38.8 Å². The third-order valence-corrected chi connectivity index (χ3v) is 4.69. The third kappa shape index (κ3) is 2.70. The number of ether oxygens (including phenoxy) is 2. The Morgan fingerprint density at radius 1 is 1.33 bits per heavy atom. The molecule has 1 heterocycles. The monoisotopic (exact) mass is 289 g/mol. The predicted molar refractivity (Wildman–Crippen MR) is 80.1 cm³/mol. The SMILES string of the molecule is CCOC(=O)CC1(N2CCOCC2)CCc2ccccc21. The van der Waals surface area contributed by atoms with Gasteiger partial charge in [-0.1, -0.05) is 24.3 Å². The van der Waals surface area contributed by atoms with Crippen molar-refractivity contribution in [3.63, 3.8) is 0 Å². The Hall–Kier alpha value is -1.39. The summed E-state index contributed by atoms with van der Waals surface area (Å²) in [7, 11) is 0. The Morgan fingerprint density at radius 2 is 2.10 bits per heavy atom. The molecule has 2 aliphatic rings. The van der Waals surface area contributed by atoms with Gasteiger partial charge in [0.05, 0.1) is 31.8 Å². The van der Waals surface area contributed by atoms with Crippen LogP contribution in [0.4, 0.5) is 0 Å². The van der Waals surface area contributed by atoms with Crippen LogP contribution < -0.4 is 0 Å². The third-order valence-electron chi connectivity index (χ3n) is 4.69. The number of fused-ring (bicyclic) bond motifs is 1. The van der Waals surface area contributed by atoms with E-state index in [1.165, 1.54) is 11.1 Å². The number of rotatable bonds is 4. The zero-order valence-corrected chi connectivity index (χ0v) is 12.6. The molecule has 4 heteroatoms. The molecule has 0 aromatic heterocycles. The lowest BCUT2D eigenvalue weighted by molar-refractivity contribution is -0.148. The van der Waals surface area contributed by atoms with Gasteiger partial charge in [-0.3, -0.25) is 9.69 Å². The van der Waals surface area contributed by atoms with Gasteiger partial charge < -0.3 is 9.47 Å². The Labute approximate surface area is 126 Å². The van der Waals surface area contributed by atoms with Crippen molar-refractivity contribution in [1.82, 2.24) is 4.90 Å². The van der Waals surface area contributed by atoms with E-state index in [9.17, 15) is 4.79 Å². The average molecular weight is 289 g/mol. The molecule has 1 unspecified atom stereocenters. The van der Waals surface area contributed by atoms with Crippen LogP contribution in [0.15, 0.2) is 24.3 Å². The first-order valence-electron chi connectivity index (χ1n) is 7.83. The molecule has 0 radical (unpaired) electrons. The lowest BCUT2D eigenvalue weighted by atomic mass is 9.85. The highest BCUT2D eigenvalue weighted by molar-refractivity contribution is 5.72. The van der Waals surface area contributed by atoms with Crippen LogP contribution in [0.3, 0.4) is 0 Å². The summed E-state index contributed by atoms with van der Waals surface area (Å²) in [6.45, 7) is 5.56. The van der Waals surface area contributed by atoms with Crippen LogP contribution in [0.2, 0.25) is 0 Å². The summed E-state index contributed by atoms with van der Waals surface area (Å²) in [5, 5.41) is 0. The highest BCUT2D eigenvalue weighted by atomic mass is 16.5. The second-order valence-corrected chi connectivity index (χ2v) is 5.77. The van der Waals surface area contributed by atoms with E-state index in [4.69, 9.17) is 9.47 Å². The molecule has 1 saturated heterocycles. The summed E-state index contributed by atoms with van der Waals surface area (Å²) < 4.78 is 10.7. The van der Waals surface area contributed by atoms with E-state index in [0.29, 0.717) is 13.0 Å². The maximum atomic E-state index is 12.2. The summed E-state index contributed by atoms with van der Waals surface area (Å²) in [6, 6.07) is 8.52. The number of nitrogens with zero attached hydrogens (tertiary/aromatic N) is 1. The zero-order valence-electron chi connectivity index (χ0n) is 12.6.